The van der Waals surface area contributed by atoms with Crippen molar-refractivity contribution in [3.63, 3.8) is 0 Å². The zero-order chi connectivity index (χ0) is 8.43. The van der Waals surface area contributed by atoms with Crippen LogP contribution in [0.15, 0.2) is 11.0 Å². The van der Waals surface area contributed by atoms with Crippen LogP contribution in [-0.4, -0.2) is 11.2 Å². The van der Waals surface area contributed by atoms with Crippen LogP contribution in [0.2, 0.25) is 10.3 Å². The van der Waals surface area contributed by atoms with Crippen LogP contribution in [-0.2, 0) is 0 Å². The van der Waals surface area contributed by atoms with Crippen molar-refractivity contribution in [1.29, 1.82) is 0 Å². The van der Waals surface area contributed by atoms with Crippen LogP contribution in [0.25, 0.3) is 0 Å². The summed E-state index contributed by atoms with van der Waals surface area (Å²) < 4.78 is 0. The Balaban J connectivity index is 3.21. The van der Waals surface area contributed by atoms with Crippen LogP contribution in [0.5, 0.6) is 0 Å². The van der Waals surface area contributed by atoms with Gasteiger partial charge < -0.3 is 0 Å². The van der Waals surface area contributed by atoms with Gasteiger partial charge in [-0.1, -0.05) is 23.2 Å². The maximum atomic E-state index is 5.79. The lowest BCUT2D eigenvalue weighted by atomic mass is 10.3. The molecule has 1 rings (SSSR count). The Morgan fingerprint density at radius 3 is 2.55 bits per heavy atom. The summed E-state index contributed by atoms with van der Waals surface area (Å²) in [5.74, 6) is 0. The third-order valence-corrected chi connectivity index (χ3v) is 2.83. The number of thioether (sulfide) groups is 1. The van der Waals surface area contributed by atoms with Crippen molar-refractivity contribution in [2.75, 3.05) is 6.26 Å². The predicted octanol–water partition coefficient (Wildman–Crippen LogP) is 3.42. The molecule has 1 nitrogen and oxygen atoms in total. The lowest BCUT2D eigenvalue weighted by Crippen LogP contribution is -1.84. The molecule has 11 heavy (non-hydrogen) atoms. The quantitative estimate of drug-likeness (QED) is 0.518. The van der Waals surface area contributed by atoms with E-state index in [4.69, 9.17) is 23.2 Å². The van der Waals surface area contributed by atoms with E-state index in [-0.39, 0.29) is 0 Å². The average molecular weight is 208 g/mol. The first kappa shape index (κ1) is 9.17. The Labute approximate surface area is 80.1 Å². The van der Waals surface area contributed by atoms with E-state index in [9.17, 15) is 0 Å². The molecule has 0 aliphatic rings. The van der Waals surface area contributed by atoms with E-state index in [1.165, 1.54) is 0 Å². The van der Waals surface area contributed by atoms with E-state index in [1.54, 1.807) is 11.8 Å². The highest BCUT2D eigenvalue weighted by Crippen LogP contribution is 2.27. The van der Waals surface area contributed by atoms with Gasteiger partial charge in [0.25, 0.3) is 0 Å². The fraction of sp³-hybridized carbons (Fsp3) is 0.286. The van der Waals surface area contributed by atoms with Gasteiger partial charge in [-0.15, -0.1) is 11.8 Å². The molecule has 0 N–H and O–H groups in total. The first-order valence-electron chi connectivity index (χ1n) is 3.01. The zero-order valence-corrected chi connectivity index (χ0v) is 8.52. The van der Waals surface area contributed by atoms with Gasteiger partial charge in [-0.25, -0.2) is 4.98 Å². The summed E-state index contributed by atoms with van der Waals surface area (Å²) in [6.45, 7) is 1.91. The number of halogens is 2. The fourth-order valence-electron chi connectivity index (χ4n) is 0.688. The van der Waals surface area contributed by atoms with Crippen LogP contribution >= 0.6 is 35.0 Å². The first-order valence-corrected chi connectivity index (χ1v) is 5.00. The van der Waals surface area contributed by atoms with E-state index in [1.807, 2.05) is 19.2 Å². The first-order chi connectivity index (χ1) is 5.15. The van der Waals surface area contributed by atoms with Gasteiger partial charge in [-0.2, -0.15) is 0 Å². The molecule has 0 saturated heterocycles. The largest absolute Gasteiger partial charge is 0.223 e. The zero-order valence-electron chi connectivity index (χ0n) is 6.19. The second-order valence-electron chi connectivity index (χ2n) is 2.09. The summed E-state index contributed by atoms with van der Waals surface area (Å²) in [6, 6.07) is 1.93. The average Bonchev–Trinajstić information content (AvgIpc) is 1.97. The van der Waals surface area contributed by atoms with Gasteiger partial charge in [0.05, 0.1) is 0 Å². The molecule has 0 saturated carbocycles. The minimum Gasteiger partial charge on any atom is -0.223 e. The van der Waals surface area contributed by atoms with Crippen molar-refractivity contribution < 1.29 is 0 Å². The number of hydrogen-bond acceptors (Lipinski definition) is 2. The molecule has 1 heterocycles. The van der Waals surface area contributed by atoms with Gasteiger partial charge in [-0.3, -0.25) is 0 Å². The van der Waals surface area contributed by atoms with E-state index >= 15 is 0 Å². The van der Waals surface area contributed by atoms with Gasteiger partial charge in [0.2, 0.25) is 0 Å². The Morgan fingerprint density at radius 1 is 1.36 bits per heavy atom. The molecule has 0 aliphatic heterocycles. The molecule has 0 fully saturated rings. The highest BCUT2D eigenvalue weighted by Gasteiger charge is 2.03. The number of pyridine rings is 1. The van der Waals surface area contributed by atoms with Gasteiger partial charge in [0.15, 0.2) is 0 Å². The summed E-state index contributed by atoms with van der Waals surface area (Å²) in [4.78, 5) is 4.92. The SMILES string of the molecule is CSc1cc(C)c(Cl)nc1Cl. The van der Waals surface area contributed by atoms with Crippen LogP contribution in [0.1, 0.15) is 5.56 Å². The van der Waals surface area contributed by atoms with Crippen molar-refractivity contribution in [1.82, 2.24) is 4.98 Å². The molecule has 0 spiro atoms. The van der Waals surface area contributed by atoms with Gasteiger partial charge in [-0.05, 0) is 24.8 Å². The molecule has 0 unspecified atom stereocenters. The normalized spacial score (nSPS) is 10.2. The standard InChI is InChI=1S/C7H7Cl2NS/c1-4-3-5(11-2)7(9)10-6(4)8/h3H,1-2H3. The third-order valence-electron chi connectivity index (χ3n) is 1.29. The summed E-state index contributed by atoms with van der Waals surface area (Å²) in [5, 5.41) is 0.959. The number of rotatable bonds is 1. The Kier molecular flexibility index (Phi) is 3.05. The smallest absolute Gasteiger partial charge is 0.144 e. The van der Waals surface area contributed by atoms with E-state index in [2.05, 4.69) is 4.98 Å². The monoisotopic (exact) mass is 207 g/mol. The Bertz CT molecular complexity index is 275. The van der Waals surface area contributed by atoms with Crippen molar-refractivity contribution in [3.05, 3.63) is 21.9 Å². The molecule has 0 aromatic carbocycles. The fourth-order valence-corrected chi connectivity index (χ4v) is 1.75. The van der Waals surface area contributed by atoms with Gasteiger partial charge >= 0.3 is 0 Å². The maximum Gasteiger partial charge on any atom is 0.144 e. The molecular weight excluding hydrogens is 201 g/mol. The molecule has 1 aromatic rings. The lowest BCUT2D eigenvalue weighted by molar-refractivity contribution is 1.19. The topological polar surface area (TPSA) is 12.9 Å². The molecule has 0 amide bonds. The number of hydrogen-bond donors (Lipinski definition) is 0. The molecule has 0 atom stereocenters. The van der Waals surface area contributed by atoms with Crippen molar-refractivity contribution >= 4 is 35.0 Å². The van der Waals surface area contributed by atoms with Crippen LogP contribution in [0, 0.1) is 6.92 Å². The number of nitrogens with zero attached hydrogens (tertiary/aromatic N) is 1. The molecule has 0 bridgehead atoms. The summed E-state index contributed by atoms with van der Waals surface area (Å²) in [6.07, 6.45) is 1.95. The van der Waals surface area contributed by atoms with Crippen molar-refractivity contribution in [2.45, 2.75) is 11.8 Å². The van der Waals surface area contributed by atoms with Crippen LogP contribution in [0.4, 0.5) is 0 Å². The van der Waals surface area contributed by atoms with Gasteiger partial charge in [0.1, 0.15) is 10.3 Å². The second kappa shape index (κ2) is 3.65. The minimum atomic E-state index is 0.479. The van der Waals surface area contributed by atoms with Crippen molar-refractivity contribution in [3.8, 4) is 0 Å². The van der Waals surface area contributed by atoms with E-state index in [0.29, 0.717) is 10.3 Å². The number of aryl methyl sites for hydroxylation is 1. The molecule has 0 radical (unpaired) electrons. The molecule has 0 aliphatic carbocycles. The Morgan fingerprint density at radius 2 is 2.00 bits per heavy atom. The maximum absolute atomic E-state index is 5.79. The molecule has 1 aromatic heterocycles. The van der Waals surface area contributed by atoms with E-state index in [0.717, 1.165) is 10.5 Å². The molecule has 4 heteroatoms. The van der Waals surface area contributed by atoms with Crippen LogP contribution < -0.4 is 0 Å². The van der Waals surface area contributed by atoms with E-state index < -0.39 is 0 Å². The molecular formula is C7H7Cl2NS. The summed E-state index contributed by atoms with van der Waals surface area (Å²) >= 11 is 13.1. The predicted molar refractivity (Wildman–Crippen MR) is 50.8 cm³/mol. The highest BCUT2D eigenvalue weighted by atomic mass is 35.5. The third kappa shape index (κ3) is 2.01. The number of aromatic nitrogens is 1. The highest BCUT2D eigenvalue weighted by molar-refractivity contribution is 7.98. The minimum absolute atomic E-state index is 0.479. The van der Waals surface area contributed by atoms with Gasteiger partial charge in [0, 0.05) is 4.90 Å². The molecule has 60 valence electrons. The Hall–Kier alpha value is 0.0800. The second-order valence-corrected chi connectivity index (χ2v) is 3.65. The summed E-state index contributed by atoms with van der Waals surface area (Å²) in [5.41, 5.74) is 0.959. The van der Waals surface area contributed by atoms with Crippen LogP contribution in [0.3, 0.4) is 0 Å². The summed E-state index contributed by atoms with van der Waals surface area (Å²) in [7, 11) is 0. The van der Waals surface area contributed by atoms with Crippen molar-refractivity contribution in [2.24, 2.45) is 0 Å². The lowest BCUT2D eigenvalue weighted by Gasteiger charge is -2.02.